The molecular weight excluding hydrogens is 192 g/mol. The highest BCUT2D eigenvalue weighted by atomic mass is 16.5. The van der Waals surface area contributed by atoms with Crippen molar-refractivity contribution in [3.05, 3.63) is 0 Å². The Hall–Kier alpha value is -0.610. The van der Waals surface area contributed by atoms with Crippen LogP contribution in [0.3, 0.4) is 0 Å². The molecule has 4 nitrogen and oxygen atoms in total. The van der Waals surface area contributed by atoms with E-state index in [1.165, 1.54) is 0 Å². The van der Waals surface area contributed by atoms with Gasteiger partial charge in [-0.15, -0.1) is 0 Å². The van der Waals surface area contributed by atoms with E-state index in [1.807, 2.05) is 0 Å². The lowest BCUT2D eigenvalue weighted by Crippen LogP contribution is -2.36. The van der Waals surface area contributed by atoms with Crippen molar-refractivity contribution >= 4 is 5.91 Å². The van der Waals surface area contributed by atoms with Gasteiger partial charge in [-0.1, -0.05) is 13.3 Å². The van der Waals surface area contributed by atoms with Gasteiger partial charge >= 0.3 is 0 Å². The number of rotatable bonds is 8. The van der Waals surface area contributed by atoms with Crippen LogP contribution in [0.15, 0.2) is 0 Å². The van der Waals surface area contributed by atoms with Gasteiger partial charge < -0.3 is 15.0 Å². The van der Waals surface area contributed by atoms with Crippen LogP contribution >= 0.6 is 0 Å². The Kier molecular flexibility index (Phi) is 8.33. The first kappa shape index (κ1) is 14.4. The van der Waals surface area contributed by atoms with Crippen molar-refractivity contribution in [1.29, 1.82) is 0 Å². The molecule has 0 rings (SSSR count). The van der Waals surface area contributed by atoms with Gasteiger partial charge in [0.25, 0.3) is 0 Å². The van der Waals surface area contributed by atoms with Crippen LogP contribution in [0.2, 0.25) is 0 Å². The van der Waals surface area contributed by atoms with E-state index in [4.69, 9.17) is 4.74 Å². The van der Waals surface area contributed by atoms with Crippen LogP contribution < -0.4 is 5.32 Å². The molecule has 0 aromatic carbocycles. The first-order valence-electron chi connectivity index (χ1n) is 5.54. The lowest BCUT2D eigenvalue weighted by molar-refractivity contribution is -0.128. The molecule has 0 aliphatic carbocycles. The number of ether oxygens (including phenoxy) is 1. The number of carbonyl (C=O) groups excluding carboxylic acids is 1. The van der Waals surface area contributed by atoms with Crippen LogP contribution in [-0.2, 0) is 9.53 Å². The summed E-state index contributed by atoms with van der Waals surface area (Å²) in [5, 5.41) is 3.33. The van der Waals surface area contributed by atoms with E-state index in [2.05, 4.69) is 12.2 Å². The summed E-state index contributed by atoms with van der Waals surface area (Å²) in [5.41, 5.74) is 0. The number of amides is 1. The Morgan fingerprint density at radius 2 is 2.13 bits per heavy atom. The number of nitrogens with one attached hydrogen (secondary N) is 1. The fraction of sp³-hybridized carbons (Fsp3) is 0.909. The molecule has 4 heteroatoms. The third-order valence-electron chi connectivity index (χ3n) is 2.28. The van der Waals surface area contributed by atoms with Crippen LogP contribution in [0.1, 0.15) is 26.2 Å². The van der Waals surface area contributed by atoms with Gasteiger partial charge in [0.15, 0.2) is 0 Å². The zero-order valence-electron chi connectivity index (χ0n) is 10.4. The standard InChI is InChI=1S/C11H24N2O2/c1-5-6-10(9-15-4)12-8-7-11(14)13(2)3/h10,12H,5-9H2,1-4H3. The molecular formula is C11H24N2O2. The van der Waals surface area contributed by atoms with Gasteiger partial charge in [0.05, 0.1) is 6.61 Å². The van der Waals surface area contributed by atoms with Crippen LogP contribution in [-0.4, -0.2) is 51.2 Å². The number of hydrogen-bond acceptors (Lipinski definition) is 3. The zero-order valence-corrected chi connectivity index (χ0v) is 10.4. The maximum atomic E-state index is 11.3. The maximum Gasteiger partial charge on any atom is 0.223 e. The number of nitrogens with zero attached hydrogens (tertiary/aromatic N) is 1. The molecule has 0 aromatic heterocycles. The van der Waals surface area contributed by atoms with Crippen molar-refractivity contribution in [3.63, 3.8) is 0 Å². The highest BCUT2D eigenvalue weighted by Crippen LogP contribution is 1.97. The summed E-state index contributed by atoms with van der Waals surface area (Å²) in [5.74, 6) is 0.162. The third-order valence-corrected chi connectivity index (χ3v) is 2.28. The molecule has 0 heterocycles. The summed E-state index contributed by atoms with van der Waals surface area (Å²) < 4.78 is 5.10. The van der Waals surface area contributed by atoms with Crippen molar-refractivity contribution in [2.24, 2.45) is 0 Å². The molecule has 1 atom stereocenters. The van der Waals surface area contributed by atoms with Gasteiger partial charge in [-0.3, -0.25) is 4.79 Å². The molecule has 1 N–H and O–H groups in total. The van der Waals surface area contributed by atoms with Crippen LogP contribution in [0.5, 0.6) is 0 Å². The Labute approximate surface area is 93.0 Å². The van der Waals surface area contributed by atoms with Gasteiger partial charge in [-0.25, -0.2) is 0 Å². The highest BCUT2D eigenvalue weighted by molar-refractivity contribution is 5.75. The van der Waals surface area contributed by atoms with Crippen LogP contribution in [0, 0.1) is 0 Å². The van der Waals surface area contributed by atoms with E-state index in [0.717, 1.165) is 19.4 Å². The molecule has 15 heavy (non-hydrogen) atoms. The first-order chi connectivity index (χ1) is 7.11. The van der Waals surface area contributed by atoms with Gasteiger partial charge in [-0.05, 0) is 6.42 Å². The minimum atomic E-state index is 0.162. The summed E-state index contributed by atoms with van der Waals surface area (Å²) >= 11 is 0. The largest absolute Gasteiger partial charge is 0.383 e. The molecule has 0 fully saturated rings. The minimum absolute atomic E-state index is 0.162. The monoisotopic (exact) mass is 216 g/mol. The molecule has 0 aliphatic heterocycles. The molecule has 0 spiro atoms. The zero-order chi connectivity index (χ0) is 11.7. The second kappa shape index (κ2) is 8.68. The van der Waals surface area contributed by atoms with Crippen LogP contribution in [0.25, 0.3) is 0 Å². The number of methoxy groups -OCH3 is 1. The summed E-state index contributed by atoms with van der Waals surface area (Å²) in [4.78, 5) is 12.9. The maximum absolute atomic E-state index is 11.3. The van der Waals surface area contributed by atoms with E-state index in [-0.39, 0.29) is 5.91 Å². The summed E-state index contributed by atoms with van der Waals surface area (Å²) in [6.07, 6.45) is 2.77. The Balaban J connectivity index is 3.65. The molecule has 0 aliphatic rings. The van der Waals surface area contributed by atoms with E-state index >= 15 is 0 Å². The van der Waals surface area contributed by atoms with Crippen molar-refractivity contribution in [2.45, 2.75) is 32.2 Å². The average molecular weight is 216 g/mol. The molecule has 0 aromatic rings. The van der Waals surface area contributed by atoms with Crippen molar-refractivity contribution in [3.8, 4) is 0 Å². The fourth-order valence-corrected chi connectivity index (χ4v) is 1.40. The Morgan fingerprint density at radius 1 is 1.47 bits per heavy atom. The van der Waals surface area contributed by atoms with E-state index in [9.17, 15) is 4.79 Å². The lowest BCUT2D eigenvalue weighted by Gasteiger charge is -2.17. The topological polar surface area (TPSA) is 41.6 Å². The van der Waals surface area contributed by atoms with Gasteiger partial charge in [0.2, 0.25) is 5.91 Å². The van der Waals surface area contributed by atoms with E-state index in [0.29, 0.717) is 19.1 Å². The van der Waals surface area contributed by atoms with Gasteiger partial charge in [0.1, 0.15) is 0 Å². The van der Waals surface area contributed by atoms with Gasteiger partial charge in [0, 0.05) is 40.2 Å². The summed E-state index contributed by atoms with van der Waals surface area (Å²) in [6, 6.07) is 0.370. The number of carbonyl (C=O) groups is 1. The normalized spacial score (nSPS) is 12.5. The minimum Gasteiger partial charge on any atom is -0.383 e. The fourth-order valence-electron chi connectivity index (χ4n) is 1.40. The van der Waals surface area contributed by atoms with Crippen molar-refractivity contribution in [2.75, 3.05) is 34.4 Å². The quantitative estimate of drug-likeness (QED) is 0.654. The molecule has 0 radical (unpaired) electrons. The predicted molar refractivity (Wildman–Crippen MR) is 61.9 cm³/mol. The molecule has 0 saturated carbocycles. The van der Waals surface area contributed by atoms with Gasteiger partial charge in [-0.2, -0.15) is 0 Å². The molecule has 0 saturated heterocycles. The molecule has 1 unspecified atom stereocenters. The smallest absolute Gasteiger partial charge is 0.223 e. The van der Waals surface area contributed by atoms with E-state index < -0.39 is 0 Å². The Morgan fingerprint density at radius 3 is 2.60 bits per heavy atom. The van der Waals surface area contributed by atoms with Crippen molar-refractivity contribution < 1.29 is 9.53 Å². The summed E-state index contributed by atoms with van der Waals surface area (Å²) in [6.45, 7) is 3.59. The van der Waals surface area contributed by atoms with E-state index in [1.54, 1.807) is 26.1 Å². The molecule has 0 bridgehead atoms. The second-order valence-electron chi connectivity index (χ2n) is 3.93. The number of hydrogen-bond donors (Lipinski definition) is 1. The molecule has 90 valence electrons. The average Bonchev–Trinajstić information content (AvgIpc) is 2.18. The third kappa shape index (κ3) is 7.33. The SMILES string of the molecule is CCCC(COC)NCCC(=O)N(C)C. The highest BCUT2D eigenvalue weighted by Gasteiger charge is 2.08. The van der Waals surface area contributed by atoms with Crippen LogP contribution in [0.4, 0.5) is 0 Å². The lowest BCUT2D eigenvalue weighted by atomic mass is 10.2. The first-order valence-corrected chi connectivity index (χ1v) is 5.54. The Bertz CT molecular complexity index is 166. The predicted octanol–water partition coefficient (Wildman–Crippen LogP) is 0.869. The summed E-state index contributed by atoms with van der Waals surface area (Å²) in [7, 11) is 5.26. The second-order valence-corrected chi connectivity index (χ2v) is 3.93. The molecule has 1 amide bonds. The van der Waals surface area contributed by atoms with Crippen molar-refractivity contribution in [1.82, 2.24) is 10.2 Å².